The molecule has 0 bridgehead atoms. The van der Waals surface area contributed by atoms with Crippen LogP contribution in [-0.2, 0) is 0 Å². The van der Waals surface area contributed by atoms with Crippen LogP contribution in [0.25, 0.3) is 38.6 Å². The van der Waals surface area contributed by atoms with Crippen molar-refractivity contribution in [2.24, 2.45) is 0 Å². The second-order valence-electron chi connectivity index (χ2n) is 6.54. The van der Waals surface area contributed by atoms with Crippen LogP contribution in [0, 0.1) is 0 Å². The molecule has 0 spiro atoms. The lowest BCUT2D eigenvalue weighted by molar-refractivity contribution is 0.899. The molecule has 0 radical (unpaired) electrons. The molecule has 140 valence electrons. The molecule has 1 N–H and O–H groups in total. The number of halogens is 1. The Morgan fingerprint density at radius 1 is 0.966 bits per heavy atom. The largest absolute Gasteiger partial charge is 0.333 e. The Balaban J connectivity index is 1.78. The minimum Gasteiger partial charge on any atom is -0.306 e. The first-order chi connectivity index (χ1) is 14.1. The van der Waals surface area contributed by atoms with Gasteiger partial charge in [0.2, 0.25) is 0 Å². The Morgan fingerprint density at radius 3 is 2.69 bits per heavy atom. The van der Waals surface area contributed by atoms with Gasteiger partial charge in [-0.05, 0) is 35.9 Å². The van der Waals surface area contributed by atoms with Crippen LogP contribution in [-0.4, -0.2) is 19.5 Å². The van der Waals surface area contributed by atoms with Crippen LogP contribution in [0.15, 0.2) is 82.8 Å². The third kappa shape index (κ3) is 2.81. The normalized spacial score (nSPS) is 11.2. The summed E-state index contributed by atoms with van der Waals surface area (Å²) in [5.74, 6) is 0. The number of fused-ring (bicyclic) bond motifs is 2. The van der Waals surface area contributed by atoms with Crippen LogP contribution in [0.1, 0.15) is 0 Å². The van der Waals surface area contributed by atoms with Gasteiger partial charge >= 0.3 is 5.69 Å². The highest BCUT2D eigenvalue weighted by molar-refractivity contribution is 6.33. The summed E-state index contributed by atoms with van der Waals surface area (Å²) in [5.41, 5.74) is 1.95. The van der Waals surface area contributed by atoms with Crippen LogP contribution in [0.5, 0.6) is 0 Å². The molecular weight excluding hydrogens is 388 g/mol. The summed E-state index contributed by atoms with van der Waals surface area (Å²) >= 11 is 6.28. The Kier molecular flexibility index (Phi) is 4.00. The highest BCUT2D eigenvalue weighted by atomic mass is 35.5. The quantitative estimate of drug-likeness (QED) is 0.486. The summed E-state index contributed by atoms with van der Waals surface area (Å²) in [6, 6.07) is 16.3. The smallest absolute Gasteiger partial charge is 0.306 e. The summed E-state index contributed by atoms with van der Waals surface area (Å²) in [6.45, 7) is 0. The summed E-state index contributed by atoms with van der Waals surface area (Å²) in [6.07, 6.45) is 4.72. The van der Waals surface area contributed by atoms with Gasteiger partial charge in [-0.1, -0.05) is 35.9 Å². The Hall–Kier alpha value is -3.77. The van der Waals surface area contributed by atoms with Crippen molar-refractivity contribution in [3.05, 3.63) is 99.0 Å². The van der Waals surface area contributed by atoms with Gasteiger partial charge in [-0.15, -0.1) is 0 Å². The van der Waals surface area contributed by atoms with Gasteiger partial charge < -0.3 is 4.98 Å². The molecule has 29 heavy (non-hydrogen) atoms. The Bertz CT molecular complexity index is 1520. The van der Waals surface area contributed by atoms with Gasteiger partial charge in [-0.2, -0.15) is 0 Å². The molecule has 0 unspecified atom stereocenters. The molecule has 0 saturated heterocycles. The minimum absolute atomic E-state index is 0.339. The molecule has 2 aromatic carbocycles. The second-order valence-corrected chi connectivity index (χ2v) is 6.95. The lowest BCUT2D eigenvalue weighted by atomic mass is 10.0. The van der Waals surface area contributed by atoms with Gasteiger partial charge in [-0.3, -0.25) is 14.8 Å². The van der Waals surface area contributed by atoms with E-state index in [1.54, 1.807) is 36.7 Å². The molecule has 5 rings (SSSR count). The average molecular weight is 401 g/mol. The highest BCUT2D eigenvalue weighted by Crippen LogP contribution is 2.28. The lowest BCUT2D eigenvalue weighted by Crippen LogP contribution is -2.33. The maximum Gasteiger partial charge on any atom is 0.333 e. The predicted octanol–water partition coefficient (Wildman–Crippen LogP) is 3.94. The van der Waals surface area contributed by atoms with Crippen molar-refractivity contribution in [1.82, 2.24) is 19.5 Å². The predicted molar refractivity (Wildman–Crippen MR) is 114 cm³/mol. The fraction of sp³-hybridized carbons (Fsp3) is 0. The molecule has 0 aliphatic heterocycles. The molecule has 0 aliphatic carbocycles. The zero-order valence-electron chi connectivity index (χ0n) is 15.0. The van der Waals surface area contributed by atoms with Crippen LogP contribution in [0.2, 0.25) is 5.02 Å². The van der Waals surface area contributed by atoms with E-state index in [1.165, 1.54) is 6.20 Å². The van der Waals surface area contributed by atoms with E-state index in [0.29, 0.717) is 27.1 Å². The number of pyridine rings is 2. The van der Waals surface area contributed by atoms with E-state index in [2.05, 4.69) is 15.0 Å². The maximum atomic E-state index is 13.2. The van der Waals surface area contributed by atoms with Gasteiger partial charge in [0.15, 0.2) is 0 Å². The number of aromatic amines is 1. The zero-order chi connectivity index (χ0) is 20.0. The van der Waals surface area contributed by atoms with Crippen molar-refractivity contribution in [1.29, 1.82) is 0 Å². The Morgan fingerprint density at radius 2 is 1.83 bits per heavy atom. The van der Waals surface area contributed by atoms with Gasteiger partial charge in [-0.25, -0.2) is 9.36 Å². The fourth-order valence-corrected chi connectivity index (χ4v) is 3.69. The monoisotopic (exact) mass is 400 g/mol. The first kappa shape index (κ1) is 17.3. The summed E-state index contributed by atoms with van der Waals surface area (Å²) < 4.78 is 1.07. The molecular formula is C22H13ClN4O2. The van der Waals surface area contributed by atoms with Crippen molar-refractivity contribution in [2.45, 2.75) is 0 Å². The van der Waals surface area contributed by atoms with Crippen LogP contribution < -0.4 is 11.2 Å². The molecule has 0 saturated carbocycles. The number of hydrogen-bond donors (Lipinski definition) is 1. The van der Waals surface area contributed by atoms with Gasteiger partial charge in [0, 0.05) is 28.4 Å². The van der Waals surface area contributed by atoms with Crippen molar-refractivity contribution >= 4 is 33.4 Å². The highest BCUT2D eigenvalue weighted by Gasteiger charge is 2.14. The molecule has 0 fully saturated rings. The maximum absolute atomic E-state index is 13.2. The molecule has 3 heterocycles. The van der Waals surface area contributed by atoms with E-state index in [0.717, 1.165) is 21.1 Å². The van der Waals surface area contributed by atoms with Crippen molar-refractivity contribution in [2.75, 3.05) is 0 Å². The number of hydrogen-bond acceptors (Lipinski definition) is 4. The minimum atomic E-state index is -0.557. The van der Waals surface area contributed by atoms with E-state index in [-0.39, 0.29) is 0 Å². The summed E-state index contributed by atoms with van der Waals surface area (Å²) in [7, 11) is 0. The molecule has 5 aromatic rings. The third-order valence-corrected chi connectivity index (χ3v) is 5.15. The summed E-state index contributed by atoms with van der Waals surface area (Å²) in [5, 5.41) is 1.72. The standard InChI is InChI=1S/C22H13ClN4O2/c23-17-6-2-1-5-15(17)13-7-8-16-18(10-13)26-22(29)27(21(16)28)19-12-24-11-14-4-3-9-25-20(14)19/h1-12H,(H,26,29). The number of aromatic nitrogens is 4. The van der Waals surface area contributed by atoms with E-state index in [9.17, 15) is 9.59 Å². The van der Waals surface area contributed by atoms with Crippen molar-refractivity contribution in [3.63, 3.8) is 0 Å². The molecule has 0 aliphatic rings. The number of benzene rings is 2. The second kappa shape index (κ2) is 6.68. The van der Waals surface area contributed by atoms with E-state index < -0.39 is 11.2 Å². The molecule has 0 amide bonds. The van der Waals surface area contributed by atoms with Crippen molar-refractivity contribution in [3.8, 4) is 16.8 Å². The van der Waals surface area contributed by atoms with Crippen LogP contribution in [0.4, 0.5) is 0 Å². The van der Waals surface area contributed by atoms with Gasteiger partial charge in [0.25, 0.3) is 5.56 Å². The van der Waals surface area contributed by atoms with Gasteiger partial charge in [0.1, 0.15) is 0 Å². The zero-order valence-corrected chi connectivity index (χ0v) is 15.7. The molecule has 7 heteroatoms. The first-order valence-electron chi connectivity index (χ1n) is 8.86. The average Bonchev–Trinajstić information content (AvgIpc) is 2.74. The number of nitrogens with zero attached hydrogens (tertiary/aromatic N) is 3. The topological polar surface area (TPSA) is 80.6 Å². The molecule has 6 nitrogen and oxygen atoms in total. The number of nitrogens with one attached hydrogen (secondary N) is 1. The fourth-order valence-electron chi connectivity index (χ4n) is 3.45. The van der Waals surface area contributed by atoms with Gasteiger partial charge in [0.05, 0.1) is 28.3 Å². The number of H-pyrrole nitrogens is 1. The Labute approximate surface area is 169 Å². The van der Waals surface area contributed by atoms with Crippen molar-refractivity contribution < 1.29 is 0 Å². The SMILES string of the molecule is O=c1[nH]c2cc(-c3ccccc3Cl)ccc2c(=O)n1-c1cncc2cccnc12. The van der Waals surface area contributed by atoms with Crippen LogP contribution in [0.3, 0.4) is 0 Å². The number of rotatable bonds is 2. The first-order valence-corrected chi connectivity index (χ1v) is 9.24. The van der Waals surface area contributed by atoms with Crippen LogP contribution >= 0.6 is 11.6 Å². The van der Waals surface area contributed by atoms with E-state index >= 15 is 0 Å². The van der Waals surface area contributed by atoms with E-state index in [4.69, 9.17) is 11.6 Å². The molecule has 3 aromatic heterocycles. The lowest BCUT2D eigenvalue weighted by Gasteiger charge is -2.10. The third-order valence-electron chi connectivity index (χ3n) is 4.82. The molecule has 0 atom stereocenters. The summed E-state index contributed by atoms with van der Waals surface area (Å²) in [4.78, 5) is 37.3. The van der Waals surface area contributed by atoms with E-state index in [1.807, 2.05) is 30.3 Å².